The lowest BCUT2D eigenvalue weighted by Gasteiger charge is -2.05. The Kier molecular flexibility index (Phi) is 3.02. The molecule has 1 heterocycles. The summed E-state index contributed by atoms with van der Waals surface area (Å²) in [7, 11) is 0. The molecule has 58 valence electrons. The maximum absolute atomic E-state index is 10.1. The molecule has 0 bridgehead atoms. The van der Waals surface area contributed by atoms with Gasteiger partial charge in [0, 0.05) is 18.7 Å². The lowest BCUT2D eigenvalue weighted by Crippen LogP contribution is -2.20. The minimum atomic E-state index is -0.700. The Morgan fingerprint density at radius 1 is 1.80 bits per heavy atom. The lowest BCUT2D eigenvalue weighted by molar-refractivity contribution is -0.137. The number of thioether (sulfide) groups is 1. The molecule has 0 amide bonds. The number of hydrogen-bond donors (Lipinski definition) is 2. The molecule has 3 nitrogen and oxygen atoms in total. The average Bonchev–Trinajstić information content (AvgIpc) is 2.34. The summed E-state index contributed by atoms with van der Waals surface area (Å²) >= 11 is 1.81. The first-order valence-corrected chi connectivity index (χ1v) is 4.40. The van der Waals surface area contributed by atoms with E-state index in [2.05, 4.69) is 5.32 Å². The summed E-state index contributed by atoms with van der Waals surface area (Å²) < 4.78 is 0. The molecule has 4 heteroatoms. The van der Waals surface area contributed by atoms with Crippen molar-refractivity contribution in [3.05, 3.63) is 0 Å². The van der Waals surface area contributed by atoms with Crippen LogP contribution in [0, 0.1) is 0 Å². The van der Waals surface area contributed by atoms with Crippen molar-refractivity contribution in [2.45, 2.75) is 18.2 Å². The zero-order chi connectivity index (χ0) is 7.40. The Morgan fingerprint density at radius 3 is 3.10 bits per heavy atom. The Morgan fingerprint density at radius 2 is 2.60 bits per heavy atom. The normalized spacial score (nSPS) is 25.0. The van der Waals surface area contributed by atoms with Crippen LogP contribution in [0.15, 0.2) is 0 Å². The van der Waals surface area contributed by atoms with Crippen molar-refractivity contribution in [3.63, 3.8) is 0 Å². The quantitative estimate of drug-likeness (QED) is 0.633. The average molecular weight is 161 g/mol. The van der Waals surface area contributed by atoms with Crippen molar-refractivity contribution in [2.24, 2.45) is 0 Å². The topological polar surface area (TPSA) is 49.3 Å². The fourth-order valence-electron chi connectivity index (χ4n) is 0.920. The molecule has 0 spiro atoms. The zero-order valence-electron chi connectivity index (χ0n) is 5.67. The maximum atomic E-state index is 10.1. The van der Waals surface area contributed by atoms with E-state index in [9.17, 15) is 4.79 Å². The van der Waals surface area contributed by atoms with Crippen LogP contribution in [0.2, 0.25) is 0 Å². The van der Waals surface area contributed by atoms with Gasteiger partial charge in [-0.15, -0.1) is 11.8 Å². The molecular weight excluding hydrogens is 150 g/mol. The van der Waals surface area contributed by atoms with Crippen molar-refractivity contribution >= 4 is 17.7 Å². The number of rotatable bonds is 3. The van der Waals surface area contributed by atoms with Crippen LogP contribution in [0.5, 0.6) is 0 Å². The van der Waals surface area contributed by atoms with E-state index in [0.717, 1.165) is 18.7 Å². The van der Waals surface area contributed by atoms with Gasteiger partial charge in [-0.05, 0) is 6.42 Å². The monoisotopic (exact) mass is 161 g/mol. The van der Waals surface area contributed by atoms with E-state index in [1.807, 2.05) is 11.8 Å². The molecule has 2 N–H and O–H groups in total. The molecule has 1 atom stereocenters. The van der Waals surface area contributed by atoms with Gasteiger partial charge in [-0.1, -0.05) is 0 Å². The van der Waals surface area contributed by atoms with Crippen LogP contribution in [0.25, 0.3) is 0 Å². The molecule has 1 saturated heterocycles. The van der Waals surface area contributed by atoms with Crippen molar-refractivity contribution in [2.75, 3.05) is 12.3 Å². The van der Waals surface area contributed by atoms with Crippen molar-refractivity contribution in [3.8, 4) is 0 Å². The standard InChI is InChI=1S/C6H11NO2S/c8-6(9)2-1-5-7-3-4-10-5/h5,7H,1-4H2,(H,8,9). The van der Waals surface area contributed by atoms with E-state index in [1.165, 1.54) is 0 Å². The van der Waals surface area contributed by atoms with Gasteiger partial charge in [0.05, 0.1) is 5.37 Å². The summed E-state index contributed by atoms with van der Waals surface area (Å²) in [4.78, 5) is 10.1. The molecule has 0 saturated carbocycles. The number of carboxylic acids is 1. The third-order valence-corrected chi connectivity index (χ3v) is 2.66. The van der Waals surface area contributed by atoms with Gasteiger partial charge in [0.1, 0.15) is 0 Å². The first kappa shape index (κ1) is 7.88. The molecule has 1 fully saturated rings. The minimum Gasteiger partial charge on any atom is -0.481 e. The predicted molar refractivity (Wildman–Crippen MR) is 41.1 cm³/mol. The largest absolute Gasteiger partial charge is 0.481 e. The van der Waals surface area contributed by atoms with Gasteiger partial charge in [0.2, 0.25) is 0 Å². The highest BCUT2D eigenvalue weighted by Gasteiger charge is 2.14. The summed E-state index contributed by atoms with van der Waals surface area (Å²) in [6.45, 7) is 1.02. The zero-order valence-corrected chi connectivity index (χ0v) is 6.49. The van der Waals surface area contributed by atoms with Crippen LogP contribution in [-0.2, 0) is 4.79 Å². The SMILES string of the molecule is O=C(O)CCC1NCCS1. The number of carbonyl (C=O) groups is 1. The highest BCUT2D eigenvalue weighted by Crippen LogP contribution is 2.17. The van der Waals surface area contributed by atoms with Crippen molar-refractivity contribution in [1.29, 1.82) is 0 Å². The van der Waals surface area contributed by atoms with Crippen molar-refractivity contribution < 1.29 is 9.90 Å². The number of aliphatic carboxylic acids is 1. The Labute approximate surface area is 64.2 Å². The predicted octanol–water partition coefficient (Wildman–Crippen LogP) is 0.514. The first-order chi connectivity index (χ1) is 4.79. The minimum absolute atomic E-state index is 0.282. The van der Waals surface area contributed by atoms with Crippen LogP contribution >= 0.6 is 11.8 Å². The molecule has 10 heavy (non-hydrogen) atoms. The lowest BCUT2D eigenvalue weighted by atomic mass is 10.3. The van der Waals surface area contributed by atoms with E-state index < -0.39 is 5.97 Å². The van der Waals surface area contributed by atoms with E-state index >= 15 is 0 Å². The first-order valence-electron chi connectivity index (χ1n) is 3.36. The van der Waals surface area contributed by atoms with Crippen LogP contribution in [-0.4, -0.2) is 28.7 Å². The van der Waals surface area contributed by atoms with E-state index in [0.29, 0.717) is 5.37 Å². The number of carboxylic acid groups (broad SMARTS) is 1. The molecule has 0 aromatic rings. The highest BCUT2D eigenvalue weighted by atomic mass is 32.2. The molecule has 0 aromatic carbocycles. The molecule has 1 aliphatic heterocycles. The van der Waals surface area contributed by atoms with Gasteiger partial charge >= 0.3 is 5.97 Å². The van der Waals surface area contributed by atoms with Gasteiger partial charge in [0.15, 0.2) is 0 Å². The molecule has 1 unspecified atom stereocenters. The molecule has 0 aromatic heterocycles. The number of hydrogen-bond acceptors (Lipinski definition) is 3. The second kappa shape index (κ2) is 3.83. The molecule has 0 radical (unpaired) electrons. The van der Waals surface area contributed by atoms with Crippen molar-refractivity contribution in [1.82, 2.24) is 5.32 Å². The van der Waals surface area contributed by atoms with Crippen LogP contribution in [0.4, 0.5) is 0 Å². The van der Waals surface area contributed by atoms with Crippen LogP contribution in [0.3, 0.4) is 0 Å². The second-order valence-corrected chi connectivity index (χ2v) is 3.56. The van der Waals surface area contributed by atoms with Crippen LogP contribution in [0.1, 0.15) is 12.8 Å². The second-order valence-electron chi connectivity index (χ2n) is 2.25. The summed E-state index contributed by atoms with van der Waals surface area (Å²) in [6, 6.07) is 0. The van der Waals surface area contributed by atoms with Gasteiger partial charge in [0.25, 0.3) is 0 Å². The van der Waals surface area contributed by atoms with E-state index in [-0.39, 0.29) is 6.42 Å². The Bertz CT molecular complexity index is 123. The summed E-state index contributed by atoms with van der Waals surface area (Å²) in [6.07, 6.45) is 1.03. The molecule has 1 aliphatic rings. The van der Waals surface area contributed by atoms with Gasteiger partial charge in [-0.25, -0.2) is 0 Å². The third-order valence-electron chi connectivity index (χ3n) is 1.41. The molecule has 1 rings (SSSR count). The summed E-state index contributed by atoms with van der Waals surface area (Å²) in [5.41, 5.74) is 0. The molecule has 0 aliphatic carbocycles. The Hall–Kier alpha value is -0.220. The van der Waals surface area contributed by atoms with E-state index in [4.69, 9.17) is 5.11 Å². The summed E-state index contributed by atoms with van der Waals surface area (Å²) in [5, 5.41) is 11.9. The maximum Gasteiger partial charge on any atom is 0.303 e. The molecular formula is C6H11NO2S. The van der Waals surface area contributed by atoms with Crippen LogP contribution < -0.4 is 5.32 Å². The number of nitrogens with one attached hydrogen (secondary N) is 1. The van der Waals surface area contributed by atoms with E-state index in [1.54, 1.807) is 0 Å². The van der Waals surface area contributed by atoms with Gasteiger partial charge in [-0.2, -0.15) is 0 Å². The van der Waals surface area contributed by atoms with Gasteiger partial charge in [-0.3, -0.25) is 4.79 Å². The Balaban J connectivity index is 2.07. The fraction of sp³-hybridized carbons (Fsp3) is 0.833. The highest BCUT2D eigenvalue weighted by molar-refractivity contribution is 8.00. The third kappa shape index (κ3) is 2.58. The van der Waals surface area contributed by atoms with Gasteiger partial charge < -0.3 is 10.4 Å². The smallest absolute Gasteiger partial charge is 0.303 e. The summed E-state index contributed by atoms with van der Waals surface area (Å²) in [5.74, 6) is 0.416. The fourth-order valence-corrected chi connectivity index (χ4v) is 1.96.